The highest BCUT2D eigenvalue weighted by molar-refractivity contribution is 5.87. The summed E-state index contributed by atoms with van der Waals surface area (Å²) in [6.45, 7) is 16.0. The third-order valence-electron chi connectivity index (χ3n) is 3.93. The highest BCUT2D eigenvalue weighted by atomic mass is 16.7. The summed E-state index contributed by atoms with van der Waals surface area (Å²) in [7, 11) is 0. The lowest BCUT2D eigenvalue weighted by atomic mass is 10.1. The summed E-state index contributed by atoms with van der Waals surface area (Å²) in [6.07, 6.45) is 6.22. The van der Waals surface area contributed by atoms with Gasteiger partial charge in [-0.1, -0.05) is 58.6 Å². The molecule has 0 aliphatic heterocycles. The molecule has 3 unspecified atom stereocenters. The van der Waals surface area contributed by atoms with Crippen LogP contribution in [0.15, 0.2) is 24.3 Å². The number of carbonyl (C=O) groups is 2. The summed E-state index contributed by atoms with van der Waals surface area (Å²) in [5.41, 5.74) is 0.544. The minimum absolute atomic E-state index is 0.116. The Hall–Kier alpha value is -1.62. The molecular weight excluding hydrogens is 332 g/mol. The van der Waals surface area contributed by atoms with Gasteiger partial charge in [-0.3, -0.25) is 0 Å². The molecule has 0 aromatic carbocycles. The van der Waals surface area contributed by atoms with Gasteiger partial charge in [0.15, 0.2) is 6.10 Å². The van der Waals surface area contributed by atoms with Gasteiger partial charge in [0.25, 0.3) is 0 Å². The lowest BCUT2D eigenvalue weighted by Gasteiger charge is -2.27. The minimum atomic E-state index is -0.974. The molecule has 0 amide bonds. The van der Waals surface area contributed by atoms with E-state index >= 15 is 0 Å². The van der Waals surface area contributed by atoms with Gasteiger partial charge in [0.2, 0.25) is 6.29 Å². The number of rotatable bonds is 14. The number of carbonyl (C=O) groups excluding carboxylic acids is 2. The second-order valence-corrected chi connectivity index (χ2v) is 6.95. The first-order valence-corrected chi connectivity index (χ1v) is 9.57. The van der Waals surface area contributed by atoms with E-state index in [2.05, 4.69) is 20.1 Å². The van der Waals surface area contributed by atoms with Crippen molar-refractivity contribution in [3.05, 3.63) is 24.3 Å². The highest BCUT2D eigenvalue weighted by Gasteiger charge is 2.28. The van der Waals surface area contributed by atoms with E-state index in [1.807, 2.05) is 6.92 Å². The number of unbranched alkanes of at least 4 members (excludes halogenated alkanes) is 5. The molecule has 26 heavy (non-hydrogen) atoms. The van der Waals surface area contributed by atoms with Crippen molar-refractivity contribution in [1.82, 2.24) is 0 Å². The Morgan fingerprint density at radius 2 is 1.35 bits per heavy atom. The summed E-state index contributed by atoms with van der Waals surface area (Å²) < 4.78 is 16.4. The molecule has 3 atom stereocenters. The van der Waals surface area contributed by atoms with Crippen LogP contribution in [-0.2, 0) is 23.8 Å². The average molecular weight is 369 g/mol. The Kier molecular flexibility index (Phi) is 12.7. The molecule has 0 N–H and O–H groups in total. The Morgan fingerprint density at radius 3 is 1.88 bits per heavy atom. The van der Waals surface area contributed by atoms with Crippen LogP contribution in [0.3, 0.4) is 0 Å². The minimum Gasteiger partial charge on any atom is -0.453 e. The topological polar surface area (TPSA) is 61.8 Å². The van der Waals surface area contributed by atoms with Gasteiger partial charge in [-0.15, -0.1) is 0 Å². The smallest absolute Gasteiger partial charge is 0.335 e. The van der Waals surface area contributed by atoms with Gasteiger partial charge < -0.3 is 14.2 Å². The first-order valence-electron chi connectivity index (χ1n) is 9.57. The molecule has 0 heterocycles. The van der Waals surface area contributed by atoms with E-state index in [1.165, 1.54) is 25.7 Å². The van der Waals surface area contributed by atoms with Gasteiger partial charge in [-0.2, -0.15) is 0 Å². The predicted molar refractivity (Wildman–Crippen MR) is 104 cm³/mol. The van der Waals surface area contributed by atoms with Crippen LogP contribution >= 0.6 is 0 Å². The number of hydrogen-bond acceptors (Lipinski definition) is 5. The average Bonchev–Trinajstić information content (AvgIpc) is 2.56. The normalized spacial score (nSPS) is 14.2. The maximum atomic E-state index is 11.9. The summed E-state index contributed by atoms with van der Waals surface area (Å²) in [4.78, 5) is 23.6. The molecule has 0 aromatic rings. The zero-order chi connectivity index (χ0) is 20.1. The standard InChI is InChI=1S/C21H36O5/c1-8-9-10-11-12-13-14-17(6)24-21(26-20(23)16(4)5)18(7)25-19(22)15(2)3/h17-18,21H,2,4,8-14H2,1,3,5-7H3. The molecule has 0 spiro atoms. The molecule has 0 aromatic heterocycles. The van der Waals surface area contributed by atoms with Gasteiger partial charge in [-0.05, 0) is 34.1 Å². The van der Waals surface area contributed by atoms with Crippen molar-refractivity contribution in [2.45, 2.75) is 98.1 Å². The van der Waals surface area contributed by atoms with E-state index in [1.54, 1.807) is 20.8 Å². The quantitative estimate of drug-likeness (QED) is 0.185. The summed E-state index contributed by atoms with van der Waals surface area (Å²) in [5, 5.41) is 0. The molecule has 0 fully saturated rings. The van der Waals surface area contributed by atoms with Crippen molar-refractivity contribution in [3.8, 4) is 0 Å². The van der Waals surface area contributed by atoms with Crippen molar-refractivity contribution < 1.29 is 23.8 Å². The van der Waals surface area contributed by atoms with E-state index in [4.69, 9.17) is 14.2 Å². The Balaban J connectivity index is 4.58. The largest absolute Gasteiger partial charge is 0.453 e. The Bertz CT molecular complexity index is 469. The van der Waals surface area contributed by atoms with E-state index in [-0.39, 0.29) is 17.3 Å². The molecule has 0 aliphatic rings. The third kappa shape index (κ3) is 11.1. The monoisotopic (exact) mass is 368 g/mol. The molecule has 150 valence electrons. The zero-order valence-electron chi connectivity index (χ0n) is 17.1. The van der Waals surface area contributed by atoms with Gasteiger partial charge in [0, 0.05) is 11.1 Å². The van der Waals surface area contributed by atoms with Crippen molar-refractivity contribution in [2.24, 2.45) is 0 Å². The van der Waals surface area contributed by atoms with E-state index < -0.39 is 24.3 Å². The maximum absolute atomic E-state index is 11.9. The molecular formula is C21H36O5. The summed E-state index contributed by atoms with van der Waals surface area (Å²) in [6, 6.07) is 0. The Labute approximate surface area is 158 Å². The van der Waals surface area contributed by atoms with Crippen LogP contribution < -0.4 is 0 Å². The van der Waals surface area contributed by atoms with Crippen LogP contribution in [0.5, 0.6) is 0 Å². The fourth-order valence-electron chi connectivity index (χ4n) is 2.27. The molecule has 0 saturated heterocycles. The van der Waals surface area contributed by atoms with Gasteiger partial charge in [0.1, 0.15) is 0 Å². The summed E-state index contributed by atoms with van der Waals surface area (Å²) in [5.74, 6) is -1.11. The molecule has 0 aliphatic carbocycles. The van der Waals surface area contributed by atoms with Crippen molar-refractivity contribution in [2.75, 3.05) is 0 Å². The third-order valence-corrected chi connectivity index (χ3v) is 3.93. The lowest BCUT2D eigenvalue weighted by Crippen LogP contribution is -2.37. The molecule has 0 radical (unpaired) electrons. The highest BCUT2D eigenvalue weighted by Crippen LogP contribution is 2.16. The van der Waals surface area contributed by atoms with Crippen molar-refractivity contribution >= 4 is 11.9 Å². The van der Waals surface area contributed by atoms with Gasteiger partial charge >= 0.3 is 11.9 Å². The lowest BCUT2D eigenvalue weighted by molar-refractivity contribution is -0.217. The summed E-state index contributed by atoms with van der Waals surface area (Å²) >= 11 is 0. The van der Waals surface area contributed by atoms with Gasteiger partial charge in [0.05, 0.1) is 6.10 Å². The second-order valence-electron chi connectivity index (χ2n) is 6.95. The molecule has 0 saturated carbocycles. The van der Waals surface area contributed by atoms with Gasteiger partial charge in [-0.25, -0.2) is 9.59 Å². The van der Waals surface area contributed by atoms with Crippen molar-refractivity contribution in [1.29, 1.82) is 0 Å². The number of hydrogen-bond donors (Lipinski definition) is 0. The Morgan fingerprint density at radius 1 is 0.846 bits per heavy atom. The fraction of sp³-hybridized carbons (Fsp3) is 0.714. The number of esters is 2. The first-order chi connectivity index (χ1) is 12.2. The second kappa shape index (κ2) is 13.6. The molecule has 0 bridgehead atoms. The fourth-order valence-corrected chi connectivity index (χ4v) is 2.27. The SMILES string of the molecule is C=C(C)C(=O)OC(C)C(OC(=O)C(=C)C)OC(C)CCCCCCCC. The van der Waals surface area contributed by atoms with E-state index in [0.717, 1.165) is 19.3 Å². The van der Waals surface area contributed by atoms with Crippen LogP contribution in [0.1, 0.15) is 79.6 Å². The van der Waals surface area contributed by atoms with Crippen LogP contribution in [0.2, 0.25) is 0 Å². The first kappa shape index (κ1) is 24.4. The van der Waals surface area contributed by atoms with Crippen molar-refractivity contribution in [3.63, 3.8) is 0 Å². The predicted octanol–water partition coefficient (Wildman–Crippen LogP) is 5.10. The molecule has 5 nitrogen and oxygen atoms in total. The van der Waals surface area contributed by atoms with Crippen LogP contribution in [0.4, 0.5) is 0 Å². The number of ether oxygens (including phenoxy) is 3. The van der Waals surface area contributed by atoms with Crippen LogP contribution in [0, 0.1) is 0 Å². The zero-order valence-corrected chi connectivity index (χ0v) is 17.1. The molecule has 0 rings (SSSR count). The van der Waals surface area contributed by atoms with Crippen LogP contribution in [0.25, 0.3) is 0 Å². The maximum Gasteiger partial charge on any atom is 0.335 e. The van der Waals surface area contributed by atoms with E-state index in [0.29, 0.717) is 0 Å². The van der Waals surface area contributed by atoms with Crippen LogP contribution in [-0.4, -0.2) is 30.4 Å². The molecule has 5 heteroatoms. The van der Waals surface area contributed by atoms with E-state index in [9.17, 15) is 9.59 Å².